The highest BCUT2D eigenvalue weighted by Gasteiger charge is 2.08. The molecule has 0 aliphatic heterocycles. The van der Waals surface area contributed by atoms with Crippen LogP contribution < -0.4 is 32.7 Å². The number of rotatable bonds is 46. The lowest BCUT2D eigenvalue weighted by molar-refractivity contribution is -0.123. The molecule has 6 amide bonds. The molecule has 0 aliphatic rings. The number of ether oxygens (including phenoxy) is 8. The van der Waals surface area contributed by atoms with Crippen molar-refractivity contribution in [2.75, 3.05) is 132 Å². The molecule has 20 nitrogen and oxygen atoms in total. The van der Waals surface area contributed by atoms with E-state index >= 15 is 0 Å². The highest BCUT2D eigenvalue weighted by atomic mass is 16.6. The Morgan fingerprint density at radius 2 is 0.700 bits per heavy atom. The van der Waals surface area contributed by atoms with Gasteiger partial charge in [-0.25, -0.2) is 0 Å². The summed E-state index contributed by atoms with van der Waals surface area (Å²) in [6.45, 7) is 9.73. The van der Waals surface area contributed by atoms with Gasteiger partial charge in [-0.05, 0) is 32.1 Å². The summed E-state index contributed by atoms with van der Waals surface area (Å²) >= 11 is 0. The second-order valence-corrected chi connectivity index (χ2v) is 13.7. The van der Waals surface area contributed by atoms with Crippen LogP contribution in [0.25, 0.3) is 0 Å². The van der Waals surface area contributed by atoms with Crippen molar-refractivity contribution in [2.24, 2.45) is 17.4 Å². The van der Waals surface area contributed by atoms with E-state index in [9.17, 15) is 28.8 Å². The molecule has 0 bridgehead atoms. The molecule has 0 spiro atoms. The quantitative estimate of drug-likeness (QED) is 0.0436. The third-order valence-electron chi connectivity index (χ3n) is 8.42. The number of primary amides is 2. The molecule has 0 aromatic heterocycles. The predicted octanol–water partition coefficient (Wildman–Crippen LogP) is -0.128. The van der Waals surface area contributed by atoms with Crippen molar-refractivity contribution in [1.82, 2.24) is 21.3 Å². The molecule has 8 N–H and O–H groups in total. The lowest BCUT2D eigenvalue weighted by atomic mass is 10.0. The van der Waals surface area contributed by atoms with Crippen molar-refractivity contribution in [3.63, 3.8) is 0 Å². The fourth-order valence-corrected chi connectivity index (χ4v) is 4.92. The molecule has 0 unspecified atom stereocenters. The number of carbonyl (C=O) groups excluding carboxylic acids is 6. The first-order valence-corrected chi connectivity index (χ1v) is 21.4. The van der Waals surface area contributed by atoms with Crippen LogP contribution in [0.1, 0.15) is 84.0 Å². The normalized spacial score (nSPS) is 11.6. The largest absolute Gasteiger partial charge is 0.379 e. The third kappa shape index (κ3) is 44.1. The number of carbonyl (C=O) groups is 6. The number of amides is 6. The molecule has 60 heavy (non-hydrogen) atoms. The smallest absolute Gasteiger partial charge is 0.222 e. The topological polar surface area (TPSA) is 276 Å². The zero-order valence-electron chi connectivity index (χ0n) is 36.1. The molecule has 0 radical (unpaired) electrons. The van der Waals surface area contributed by atoms with Gasteiger partial charge in [0.1, 0.15) is 0 Å². The number of unbranched alkanes of at least 4 members (excludes halogenated alkanes) is 3. The van der Waals surface area contributed by atoms with E-state index in [-0.39, 0.29) is 67.0 Å². The highest BCUT2D eigenvalue weighted by Crippen LogP contribution is 2.06. The van der Waals surface area contributed by atoms with Gasteiger partial charge in [0.25, 0.3) is 0 Å². The number of nitrogens with one attached hydrogen (secondary N) is 4. The van der Waals surface area contributed by atoms with Gasteiger partial charge in [-0.15, -0.1) is 0 Å². The van der Waals surface area contributed by atoms with Crippen molar-refractivity contribution in [1.29, 1.82) is 0 Å². The summed E-state index contributed by atoms with van der Waals surface area (Å²) < 4.78 is 43.5. The van der Waals surface area contributed by atoms with Crippen molar-refractivity contribution < 1.29 is 66.7 Å². The molecule has 20 heteroatoms. The van der Waals surface area contributed by atoms with Gasteiger partial charge in [0.05, 0.1) is 106 Å². The van der Waals surface area contributed by atoms with Gasteiger partial charge in [-0.1, -0.05) is 19.8 Å². The lowest BCUT2D eigenvalue weighted by Gasteiger charge is -2.09. The van der Waals surface area contributed by atoms with Gasteiger partial charge in [0, 0.05) is 64.2 Å². The second kappa shape index (κ2) is 43.6. The van der Waals surface area contributed by atoms with Crippen molar-refractivity contribution in [3.8, 4) is 0 Å². The van der Waals surface area contributed by atoms with Gasteiger partial charge in [0.2, 0.25) is 35.4 Å². The molecule has 0 aliphatic carbocycles. The van der Waals surface area contributed by atoms with E-state index in [0.717, 1.165) is 38.5 Å². The van der Waals surface area contributed by atoms with E-state index in [0.29, 0.717) is 145 Å². The van der Waals surface area contributed by atoms with Crippen LogP contribution in [0, 0.1) is 5.92 Å². The molecule has 350 valence electrons. The third-order valence-corrected chi connectivity index (χ3v) is 8.42. The Bertz CT molecular complexity index is 1110. The SMILES string of the molecule is C[C@@H](CCCCNC(=O)CCOCCOCCOCCOCCNC(=O)CCCC(=O)NCCOCCOCCOCCOCCC(=O)NCCCCCC(N)=O)C(N)=O. The maximum Gasteiger partial charge on any atom is 0.222 e. The minimum atomic E-state index is -0.304. The van der Waals surface area contributed by atoms with Crippen LogP contribution in [0.2, 0.25) is 0 Å². The van der Waals surface area contributed by atoms with Crippen LogP contribution >= 0.6 is 0 Å². The summed E-state index contributed by atoms with van der Waals surface area (Å²) in [4.78, 5) is 69.2. The van der Waals surface area contributed by atoms with E-state index in [4.69, 9.17) is 49.4 Å². The number of nitrogens with two attached hydrogens (primary N) is 2. The Hall–Kier alpha value is -3.50. The van der Waals surface area contributed by atoms with Crippen LogP contribution in [-0.2, 0) is 66.7 Å². The molecule has 0 rings (SSSR count). The Kier molecular flexibility index (Phi) is 41.0. The minimum absolute atomic E-state index is 0.0724. The zero-order chi connectivity index (χ0) is 44.2. The summed E-state index contributed by atoms with van der Waals surface area (Å²) in [5, 5.41) is 11.2. The predicted molar refractivity (Wildman–Crippen MR) is 222 cm³/mol. The van der Waals surface area contributed by atoms with Crippen molar-refractivity contribution in [3.05, 3.63) is 0 Å². The van der Waals surface area contributed by atoms with Crippen LogP contribution in [-0.4, -0.2) is 167 Å². The van der Waals surface area contributed by atoms with Crippen LogP contribution in [0.15, 0.2) is 0 Å². The first-order chi connectivity index (χ1) is 29.1. The maximum atomic E-state index is 12.0. The van der Waals surface area contributed by atoms with Gasteiger partial charge in [-0.2, -0.15) is 0 Å². The standard InChI is InChI=1S/C40H76N6O14/c1-34(40(42)52)8-4-6-15-44-39(51)13-19-54-23-27-58-31-33-60-29-25-56-21-17-46-37(49)11-7-10-36(48)45-16-20-55-24-28-59-32-30-57-26-22-53-18-12-38(50)43-14-5-2-3-9-35(41)47/h34H,2-33H2,1H3,(H2,41,47)(H2,42,52)(H,43,50)(H,44,51)(H,45,48)(H,46,49)/t34-/m0/s1. The van der Waals surface area contributed by atoms with E-state index in [1.165, 1.54) is 0 Å². The second-order valence-electron chi connectivity index (χ2n) is 13.7. The molecular formula is C40H76N6O14. The fourth-order valence-electron chi connectivity index (χ4n) is 4.92. The number of hydrogen-bond acceptors (Lipinski definition) is 14. The van der Waals surface area contributed by atoms with Gasteiger partial charge in [0.15, 0.2) is 0 Å². The molecule has 0 fully saturated rings. The maximum absolute atomic E-state index is 12.0. The van der Waals surface area contributed by atoms with E-state index in [2.05, 4.69) is 21.3 Å². The Balaban J connectivity index is 3.34. The average Bonchev–Trinajstić information content (AvgIpc) is 3.21. The summed E-state index contributed by atoms with van der Waals surface area (Å²) in [6.07, 6.45) is 6.58. The Labute approximate surface area is 356 Å². The first-order valence-electron chi connectivity index (χ1n) is 21.4. The Morgan fingerprint density at radius 3 is 1.08 bits per heavy atom. The van der Waals surface area contributed by atoms with Crippen LogP contribution in [0.4, 0.5) is 0 Å². The zero-order valence-corrected chi connectivity index (χ0v) is 36.1. The molecule has 0 aromatic rings. The van der Waals surface area contributed by atoms with Crippen LogP contribution in [0.3, 0.4) is 0 Å². The van der Waals surface area contributed by atoms with E-state index < -0.39 is 0 Å². The Morgan fingerprint density at radius 1 is 0.367 bits per heavy atom. The van der Waals surface area contributed by atoms with E-state index in [1.807, 2.05) is 0 Å². The van der Waals surface area contributed by atoms with Crippen LogP contribution in [0.5, 0.6) is 0 Å². The number of hydrogen-bond donors (Lipinski definition) is 6. The first kappa shape index (κ1) is 56.5. The summed E-state index contributed by atoms with van der Waals surface area (Å²) in [6, 6.07) is 0. The van der Waals surface area contributed by atoms with Crippen molar-refractivity contribution >= 4 is 35.4 Å². The fraction of sp³-hybridized carbons (Fsp3) is 0.850. The molecule has 0 aromatic carbocycles. The molecule has 0 heterocycles. The molecular weight excluding hydrogens is 788 g/mol. The summed E-state index contributed by atoms with van der Waals surface area (Å²) in [5.41, 5.74) is 10.3. The van der Waals surface area contributed by atoms with Crippen molar-refractivity contribution in [2.45, 2.75) is 84.0 Å². The van der Waals surface area contributed by atoms with Gasteiger partial charge < -0.3 is 70.6 Å². The molecule has 1 atom stereocenters. The average molecular weight is 865 g/mol. The van der Waals surface area contributed by atoms with E-state index in [1.54, 1.807) is 6.92 Å². The highest BCUT2D eigenvalue weighted by molar-refractivity contribution is 5.79. The molecule has 0 saturated carbocycles. The molecule has 0 saturated heterocycles. The summed E-state index contributed by atoms with van der Waals surface area (Å²) in [5.74, 6) is -1.18. The van der Waals surface area contributed by atoms with Gasteiger partial charge >= 0.3 is 0 Å². The summed E-state index contributed by atoms with van der Waals surface area (Å²) in [7, 11) is 0. The monoisotopic (exact) mass is 865 g/mol. The minimum Gasteiger partial charge on any atom is -0.379 e. The lowest BCUT2D eigenvalue weighted by Crippen LogP contribution is -2.29. The van der Waals surface area contributed by atoms with Gasteiger partial charge in [-0.3, -0.25) is 28.8 Å².